The van der Waals surface area contributed by atoms with Gasteiger partial charge in [-0.25, -0.2) is 0 Å². The molecule has 1 N–H and O–H groups in total. The molecular weight excluding hydrogens is 272 g/mol. The number of fused-ring (bicyclic) bond motifs is 2. The second-order valence-electron chi connectivity index (χ2n) is 6.54. The van der Waals surface area contributed by atoms with Crippen LogP contribution in [-0.4, -0.2) is 33.4 Å². The molecule has 2 bridgehead atoms. The summed E-state index contributed by atoms with van der Waals surface area (Å²) in [6.07, 6.45) is 7.27. The maximum atomic E-state index is 11.4. The zero-order valence-electron chi connectivity index (χ0n) is 11.9. The fourth-order valence-corrected chi connectivity index (χ4v) is 4.18. The molecule has 1 aromatic rings. The van der Waals surface area contributed by atoms with E-state index in [1.165, 1.54) is 0 Å². The Balaban J connectivity index is 1.54. The van der Waals surface area contributed by atoms with Crippen LogP contribution in [0.3, 0.4) is 0 Å². The lowest BCUT2D eigenvalue weighted by atomic mass is 9.79. The number of aliphatic carboxylic acids is 1. The molecule has 6 heteroatoms. The Morgan fingerprint density at radius 2 is 2.00 bits per heavy atom. The van der Waals surface area contributed by atoms with E-state index in [1.54, 1.807) is 0 Å². The molecule has 3 aliphatic rings. The van der Waals surface area contributed by atoms with Crippen LogP contribution >= 0.6 is 0 Å². The van der Waals surface area contributed by atoms with Crippen molar-refractivity contribution in [2.75, 3.05) is 0 Å². The second kappa shape index (κ2) is 5.09. The van der Waals surface area contributed by atoms with Gasteiger partial charge in [-0.15, -0.1) is 0 Å². The first-order chi connectivity index (χ1) is 10.2. The quantitative estimate of drug-likeness (QED) is 0.921. The molecule has 0 spiro atoms. The van der Waals surface area contributed by atoms with Crippen LogP contribution in [-0.2, 0) is 9.53 Å². The fourth-order valence-electron chi connectivity index (χ4n) is 4.18. The van der Waals surface area contributed by atoms with Crippen molar-refractivity contribution in [1.82, 2.24) is 10.1 Å². The van der Waals surface area contributed by atoms with E-state index in [2.05, 4.69) is 10.1 Å². The van der Waals surface area contributed by atoms with Crippen molar-refractivity contribution in [3.8, 4) is 0 Å². The number of nitrogens with zero attached hydrogens (tertiary/aromatic N) is 2. The molecule has 1 saturated carbocycles. The van der Waals surface area contributed by atoms with Crippen molar-refractivity contribution in [3.63, 3.8) is 0 Å². The Hall–Kier alpha value is -1.43. The van der Waals surface area contributed by atoms with Crippen molar-refractivity contribution in [3.05, 3.63) is 11.7 Å². The van der Waals surface area contributed by atoms with E-state index in [0.717, 1.165) is 38.5 Å². The lowest BCUT2D eigenvalue weighted by molar-refractivity contribution is -0.143. The van der Waals surface area contributed by atoms with Crippen molar-refractivity contribution in [1.29, 1.82) is 0 Å². The Bertz CT molecular complexity index is 544. The molecule has 21 heavy (non-hydrogen) atoms. The molecule has 6 nitrogen and oxygen atoms in total. The minimum absolute atomic E-state index is 0.128. The average Bonchev–Trinajstić information content (AvgIpc) is 3.23. The highest BCUT2D eigenvalue weighted by Gasteiger charge is 2.44. The molecule has 114 valence electrons. The van der Waals surface area contributed by atoms with Gasteiger partial charge in [-0.2, -0.15) is 4.98 Å². The highest BCUT2D eigenvalue weighted by Crippen LogP contribution is 2.44. The smallest absolute Gasteiger partial charge is 0.307 e. The standard InChI is InChI=1S/C15H20N2O4/c18-15(19)10-4-2-1-3-9(10)14-16-13(17-21-14)11-7-8-5-6-12(11)20-8/h8-12H,1-7H2,(H,18,19). The first-order valence-corrected chi connectivity index (χ1v) is 7.94. The molecule has 3 fully saturated rings. The number of carboxylic acid groups (broad SMARTS) is 1. The van der Waals surface area contributed by atoms with Crippen LogP contribution in [0.4, 0.5) is 0 Å². The summed E-state index contributed by atoms with van der Waals surface area (Å²) >= 11 is 0. The summed E-state index contributed by atoms with van der Waals surface area (Å²) in [4.78, 5) is 15.9. The summed E-state index contributed by atoms with van der Waals surface area (Å²) in [7, 11) is 0. The van der Waals surface area contributed by atoms with Crippen LogP contribution in [0, 0.1) is 5.92 Å². The summed E-state index contributed by atoms with van der Waals surface area (Å²) in [6, 6.07) is 0. The Kier molecular flexibility index (Phi) is 3.21. The van der Waals surface area contributed by atoms with E-state index in [1.807, 2.05) is 0 Å². The fraction of sp³-hybridized carbons (Fsp3) is 0.800. The predicted octanol–water partition coefficient (Wildman–Crippen LogP) is 2.46. The van der Waals surface area contributed by atoms with Gasteiger partial charge in [0.25, 0.3) is 0 Å². The number of carbonyl (C=O) groups is 1. The van der Waals surface area contributed by atoms with Crippen molar-refractivity contribution >= 4 is 5.97 Å². The van der Waals surface area contributed by atoms with E-state index in [9.17, 15) is 9.90 Å². The third kappa shape index (κ3) is 2.25. The van der Waals surface area contributed by atoms with Gasteiger partial charge in [-0.05, 0) is 32.1 Å². The molecule has 2 aliphatic heterocycles. The molecule has 0 amide bonds. The minimum atomic E-state index is -0.747. The maximum Gasteiger partial charge on any atom is 0.307 e. The number of carboxylic acids is 1. The van der Waals surface area contributed by atoms with Crippen molar-refractivity contribution in [2.45, 2.75) is 69.0 Å². The molecule has 0 radical (unpaired) electrons. The Morgan fingerprint density at radius 1 is 1.14 bits per heavy atom. The number of rotatable bonds is 3. The first-order valence-electron chi connectivity index (χ1n) is 7.94. The Labute approximate surface area is 122 Å². The average molecular weight is 292 g/mol. The first kappa shape index (κ1) is 13.2. The number of ether oxygens (including phenoxy) is 1. The summed E-state index contributed by atoms with van der Waals surface area (Å²) < 4.78 is 11.3. The normalized spacial score (nSPS) is 38.8. The van der Waals surface area contributed by atoms with Gasteiger partial charge in [-0.3, -0.25) is 4.79 Å². The van der Waals surface area contributed by atoms with E-state index in [0.29, 0.717) is 24.2 Å². The third-order valence-electron chi connectivity index (χ3n) is 5.30. The second-order valence-corrected chi connectivity index (χ2v) is 6.54. The molecule has 2 saturated heterocycles. The number of hydrogen-bond donors (Lipinski definition) is 1. The zero-order chi connectivity index (χ0) is 14.4. The molecule has 0 aromatic carbocycles. The van der Waals surface area contributed by atoms with Gasteiger partial charge in [0.05, 0.1) is 30.0 Å². The molecular formula is C15H20N2O4. The van der Waals surface area contributed by atoms with Crippen LogP contribution in [0.2, 0.25) is 0 Å². The molecule has 5 atom stereocenters. The maximum absolute atomic E-state index is 11.4. The van der Waals surface area contributed by atoms with E-state index in [-0.39, 0.29) is 23.9 Å². The largest absolute Gasteiger partial charge is 0.481 e. The molecule has 5 unspecified atom stereocenters. The summed E-state index contributed by atoms with van der Waals surface area (Å²) in [5, 5.41) is 13.5. The van der Waals surface area contributed by atoms with Crippen LogP contribution < -0.4 is 0 Å². The predicted molar refractivity (Wildman–Crippen MR) is 71.9 cm³/mol. The van der Waals surface area contributed by atoms with Crippen LogP contribution in [0.1, 0.15) is 68.5 Å². The van der Waals surface area contributed by atoms with Crippen LogP contribution in [0.15, 0.2) is 4.52 Å². The molecule has 3 heterocycles. The SMILES string of the molecule is O=C(O)C1CCCCC1c1nc(C2CC3CCC2O3)no1. The summed E-state index contributed by atoms with van der Waals surface area (Å²) in [5.41, 5.74) is 0. The third-order valence-corrected chi connectivity index (χ3v) is 5.30. The zero-order valence-corrected chi connectivity index (χ0v) is 11.9. The summed E-state index contributed by atoms with van der Waals surface area (Å²) in [5.74, 6) is 0.197. The van der Waals surface area contributed by atoms with Gasteiger partial charge in [0.1, 0.15) is 0 Å². The Morgan fingerprint density at radius 3 is 2.71 bits per heavy atom. The minimum Gasteiger partial charge on any atom is -0.481 e. The van der Waals surface area contributed by atoms with Crippen LogP contribution in [0.25, 0.3) is 0 Å². The van der Waals surface area contributed by atoms with E-state index in [4.69, 9.17) is 9.26 Å². The molecule has 1 aromatic heterocycles. The van der Waals surface area contributed by atoms with E-state index < -0.39 is 5.97 Å². The number of hydrogen-bond acceptors (Lipinski definition) is 5. The van der Waals surface area contributed by atoms with Gasteiger partial charge >= 0.3 is 5.97 Å². The van der Waals surface area contributed by atoms with Crippen LogP contribution in [0.5, 0.6) is 0 Å². The van der Waals surface area contributed by atoms with Gasteiger partial charge < -0.3 is 14.4 Å². The number of aromatic nitrogens is 2. The van der Waals surface area contributed by atoms with Crippen molar-refractivity contribution < 1.29 is 19.2 Å². The summed E-state index contributed by atoms with van der Waals surface area (Å²) in [6.45, 7) is 0. The van der Waals surface area contributed by atoms with Gasteiger partial charge in [0.15, 0.2) is 5.82 Å². The highest BCUT2D eigenvalue weighted by molar-refractivity contribution is 5.71. The molecule has 1 aliphatic carbocycles. The highest BCUT2D eigenvalue weighted by atomic mass is 16.5. The topological polar surface area (TPSA) is 85.5 Å². The van der Waals surface area contributed by atoms with Gasteiger partial charge in [0.2, 0.25) is 5.89 Å². The lowest BCUT2D eigenvalue weighted by Gasteiger charge is -2.25. The van der Waals surface area contributed by atoms with Gasteiger partial charge in [-0.1, -0.05) is 18.0 Å². The monoisotopic (exact) mass is 292 g/mol. The van der Waals surface area contributed by atoms with Gasteiger partial charge in [0, 0.05) is 0 Å². The lowest BCUT2D eigenvalue weighted by Crippen LogP contribution is -2.25. The molecule has 4 rings (SSSR count). The van der Waals surface area contributed by atoms with E-state index >= 15 is 0 Å². The van der Waals surface area contributed by atoms with Crippen molar-refractivity contribution in [2.24, 2.45) is 5.92 Å².